The van der Waals surface area contributed by atoms with Crippen molar-refractivity contribution in [3.63, 3.8) is 0 Å². The third-order valence-electron chi connectivity index (χ3n) is 4.51. The zero-order valence-electron chi connectivity index (χ0n) is 13.6. The van der Waals surface area contributed by atoms with Crippen molar-refractivity contribution in [2.24, 2.45) is 5.92 Å². The van der Waals surface area contributed by atoms with E-state index in [1.54, 1.807) is 0 Å². The number of halogens is 1. The van der Waals surface area contributed by atoms with Crippen LogP contribution in [-0.2, 0) is 11.3 Å². The van der Waals surface area contributed by atoms with E-state index in [4.69, 9.17) is 11.6 Å². The van der Waals surface area contributed by atoms with Gasteiger partial charge < -0.3 is 4.90 Å². The Bertz CT molecular complexity index is 683. The Morgan fingerprint density at radius 2 is 1.78 bits per heavy atom. The van der Waals surface area contributed by atoms with E-state index in [1.807, 2.05) is 47.4 Å². The predicted molar refractivity (Wildman–Crippen MR) is 94.4 cm³/mol. The van der Waals surface area contributed by atoms with Gasteiger partial charge in [0.15, 0.2) is 0 Å². The highest BCUT2D eigenvalue weighted by atomic mass is 35.5. The number of nitrogens with zero attached hydrogens (tertiary/aromatic N) is 1. The third-order valence-corrected chi connectivity index (χ3v) is 4.86. The highest BCUT2D eigenvalue weighted by molar-refractivity contribution is 6.31. The molecule has 0 spiro atoms. The van der Waals surface area contributed by atoms with E-state index >= 15 is 0 Å². The van der Waals surface area contributed by atoms with Gasteiger partial charge in [0.1, 0.15) is 0 Å². The molecule has 0 N–H and O–H groups in total. The maximum absolute atomic E-state index is 12.9. The van der Waals surface area contributed by atoms with Gasteiger partial charge in [-0.05, 0) is 43.4 Å². The zero-order chi connectivity index (χ0) is 16.4. The van der Waals surface area contributed by atoms with Gasteiger partial charge in [0.25, 0.3) is 0 Å². The second-order valence-corrected chi connectivity index (χ2v) is 6.92. The Morgan fingerprint density at radius 1 is 1.13 bits per heavy atom. The lowest BCUT2D eigenvalue weighted by Crippen LogP contribution is -2.37. The van der Waals surface area contributed by atoms with Crippen LogP contribution in [0.15, 0.2) is 54.6 Å². The first kappa shape index (κ1) is 16.1. The quantitative estimate of drug-likeness (QED) is 0.766. The van der Waals surface area contributed by atoms with Crippen molar-refractivity contribution in [1.82, 2.24) is 4.90 Å². The molecular weight excluding hydrogens is 306 g/mol. The molecule has 1 amide bonds. The fraction of sp³-hybridized carbons (Fsp3) is 0.350. The molecular formula is C20H22ClNO. The average Bonchev–Trinajstić information content (AvgIpc) is 3.33. The second kappa shape index (κ2) is 6.76. The highest BCUT2D eigenvalue weighted by Crippen LogP contribution is 2.50. The van der Waals surface area contributed by atoms with Crippen molar-refractivity contribution < 1.29 is 4.79 Å². The van der Waals surface area contributed by atoms with Crippen LogP contribution in [0.5, 0.6) is 0 Å². The average molecular weight is 328 g/mol. The summed E-state index contributed by atoms with van der Waals surface area (Å²) in [6.07, 6.45) is 0.903. The molecule has 1 aliphatic rings. The van der Waals surface area contributed by atoms with E-state index in [0.29, 0.717) is 6.54 Å². The molecule has 0 radical (unpaired) electrons. The van der Waals surface area contributed by atoms with Gasteiger partial charge in [0.2, 0.25) is 5.91 Å². The summed E-state index contributed by atoms with van der Waals surface area (Å²) < 4.78 is 0. The lowest BCUT2D eigenvalue weighted by molar-refractivity contribution is -0.135. The van der Waals surface area contributed by atoms with Crippen molar-refractivity contribution in [2.45, 2.75) is 38.8 Å². The molecule has 2 atom stereocenters. The fourth-order valence-electron chi connectivity index (χ4n) is 3.10. The number of rotatable bonds is 5. The first-order chi connectivity index (χ1) is 11.1. The van der Waals surface area contributed by atoms with Gasteiger partial charge in [-0.1, -0.05) is 60.1 Å². The Balaban J connectivity index is 1.72. The van der Waals surface area contributed by atoms with Crippen LogP contribution in [-0.4, -0.2) is 16.8 Å². The van der Waals surface area contributed by atoms with Gasteiger partial charge in [0, 0.05) is 23.5 Å². The van der Waals surface area contributed by atoms with Crippen LogP contribution in [0, 0.1) is 5.92 Å². The smallest absolute Gasteiger partial charge is 0.226 e. The minimum absolute atomic E-state index is 0.0704. The minimum atomic E-state index is 0.0704. The number of hydrogen-bond acceptors (Lipinski definition) is 1. The molecule has 1 saturated carbocycles. The number of carbonyl (C=O) groups is 1. The molecule has 3 heteroatoms. The Kier molecular flexibility index (Phi) is 4.72. The molecule has 2 unspecified atom stereocenters. The largest absolute Gasteiger partial charge is 0.336 e. The van der Waals surface area contributed by atoms with E-state index in [2.05, 4.69) is 26.0 Å². The molecule has 23 heavy (non-hydrogen) atoms. The van der Waals surface area contributed by atoms with Crippen LogP contribution in [0.1, 0.15) is 37.3 Å². The Hall–Kier alpha value is -1.80. The molecule has 2 aromatic rings. The summed E-state index contributed by atoms with van der Waals surface area (Å²) in [5.74, 6) is 0.586. The molecule has 120 valence electrons. The van der Waals surface area contributed by atoms with Gasteiger partial charge in [-0.15, -0.1) is 0 Å². The maximum Gasteiger partial charge on any atom is 0.226 e. The van der Waals surface area contributed by atoms with Gasteiger partial charge in [-0.3, -0.25) is 4.79 Å². The number of hydrogen-bond donors (Lipinski definition) is 0. The molecule has 0 aliphatic heterocycles. The molecule has 1 fully saturated rings. The molecule has 1 aliphatic carbocycles. The molecule has 0 saturated heterocycles. The van der Waals surface area contributed by atoms with Gasteiger partial charge in [0.05, 0.1) is 0 Å². The SMILES string of the molecule is CC(C)N(Cc1ccccc1)C(=O)C1CC1c1ccccc1Cl. The van der Waals surface area contributed by atoms with Crippen molar-refractivity contribution in [3.05, 3.63) is 70.7 Å². The van der Waals surface area contributed by atoms with Crippen molar-refractivity contribution in [1.29, 1.82) is 0 Å². The summed E-state index contributed by atoms with van der Waals surface area (Å²) in [4.78, 5) is 14.9. The topological polar surface area (TPSA) is 20.3 Å². The summed E-state index contributed by atoms with van der Waals surface area (Å²) in [6, 6.07) is 18.2. The van der Waals surface area contributed by atoms with Gasteiger partial charge in [-0.2, -0.15) is 0 Å². The van der Waals surface area contributed by atoms with Crippen LogP contribution in [0.2, 0.25) is 5.02 Å². The molecule has 3 rings (SSSR count). The standard InChI is InChI=1S/C20H22ClNO/c1-14(2)22(13-15-8-4-3-5-9-15)20(23)18-12-17(18)16-10-6-7-11-19(16)21/h3-11,14,17-18H,12-13H2,1-2H3. The molecule has 2 aromatic carbocycles. The van der Waals surface area contributed by atoms with Crippen LogP contribution in [0.3, 0.4) is 0 Å². The van der Waals surface area contributed by atoms with E-state index < -0.39 is 0 Å². The lowest BCUT2D eigenvalue weighted by atomic mass is 10.1. The summed E-state index contributed by atoms with van der Waals surface area (Å²) >= 11 is 6.28. The highest BCUT2D eigenvalue weighted by Gasteiger charge is 2.46. The summed E-state index contributed by atoms with van der Waals surface area (Å²) in [7, 11) is 0. The number of benzene rings is 2. The number of carbonyl (C=O) groups excluding carboxylic acids is 1. The molecule has 0 bridgehead atoms. The third kappa shape index (κ3) is 3.59. The minimum Gasteiger partial charge on any atom is -0.336 e. The summed E-state index contributed by atoms with van der Waals surface area (Å²) in [6.45, 7) is 4.82. The predicted octanol–water partition coefficient (Wildman–Crippen LogP) is 4.88. The zero-order valence-corrected chi connectivity index (χ0v) is 14.3. The van der Waals surface area contributed by atoms with Gasteiger partial charge >= 0.3 is 0 Å². The summed E-state index contributed by atoms with van der Waals surface area (Å²) in [5, 5.41) is 0.770. The molecule has 0 heterocycles. The normalized spacial score (nSPS) is 19.7. The van der Waals surface area contributed by atoms with E-state index in [1.165, 1.54) is 5.56 Å². The van der Waals surface area contributed by atoms with Crippen molar-refractivity contribution >= 4 is 17.5 Å². The van der Waals surface area contributed by atoms with Crippen molar-refractivity contribution in [3.8, 4) is 0 Å². The monoisotopic (exact) mass is 327 g/mol. The van der Waals surface area contributed by atoms with Crippen LogP contribution >= 0.6 is 11.6 Å². The Labute approximate surface area is 143 Å². The first-order valence-corrected chi connectivity index (χ1v) is 8.54. The number of amides is 1. The van der Waals surface area contributed by atoms with Gasteiger partial charge in [-0.25, -0.2) is 0 Å². The van der Waals surface area contributed by atoms with E-state index in [0.717, 1.165) is 17.0 Å². The van der Waals surface area contributed by atoms with Crippen LogP contribution in [0.25, 0.3) is 0 Å². The van der Waals surface area contributed by atoms with Crippen LogP contribution in [0.4, 0.5) is 0 Å². The Morgan fingerprint density at radius 3 is 2.43 bits per heavy atom. The van der Waals surface area contributed by atoms with E-state index in [-0.39, 0.29) is 23.8 Å². The summed E-state index contributed by atoms with van der Waals surface area (Å²) in [5.41, 5.74) is 2.28. The molecule has 2 nitrogen and oxygen atoms in total. The lowest BCUT2D eigenvalue weighted by Gasteiger charge is -2.27. The van der Waals surface area contributed by atoms with E-state index in [9.17, 15) is 4.79 Å². The maximum atomic E-state index is 12.9. The second-order valence-electron chi connectivity index (χ2n) is 6.52. The van der Waals surface area contributed by atoms with Crippen molar-refractivity contribution in [2.75, 3.05) is 0 Å². The fourth-order valence-corrected chi connectivity index (χ4v) is 3.37. The first-order valence-electron chi connectivity index (χ1n) is 8.16. The molecule has 0 aromatic heterocycles. The van der Waals surface area contributed by atoms with Crippen LogP contribution < -0.4 is 0 Å².